The van der Waals surface area contributed by atoms with E-state index in [1.807, 2.05) is 0 Å². The summed E-state index contributed by atoms with van der Waals surface area (Å²) in [6, 6.07) is 3.15. The van der Waals surface area contributed by atoms with Crippen LogP contribution in [-0.4, -0.2) is 20.7 Å². The van der Waals surface area contributed by atoms with Crippen molar-refractivity contribution >= 4 is 21.3 Å². The average molecular weight is 231 g/mol. The topological polar surface area (TPSA) is 79.0 Å². The van der Waals surface area contributed by atoms with Crippen LogP contribution in [0.5, 0.6) is 0 Å². The summed E-state index contributed by atoms with van der Waals surface area (Å²) in [4.78, 5) is 0. The molecule has 1 rings (SSSR count). The molecular formula is C7H7ClN4OS. The lowest BCUT2D eigenvalue weighted by Gasteiger charge is -1.99. The summed E-state index contributed by atoms with van der Waals surface area (Å²) in [6.07, 6.45) is 2.91. The van der Waals surface area contributed by atoms with Crippen LogP contribution in [0.2, 0.25) is 5.15 Å². The van der Waals surface area contributed by atoms with Crippen LogP contribution in [0.4, 0.5) is 0 Å². The molecule has 1 aromatic rings. The maximum atomic E-state index is 11.6. The van der Waals surface area contributed by atoms with E-state index < -0.39 is 9.73 Å². The molecule has 14 heavy (non-hydrogen) atoms. The van der Waals surface area contributed by atoms with E-state index in [1.54, 1.807) is 12.1 Å². The zero-order chi connectivity index (χ0) is 10.6. The number of nitriles is 1. The molecule has 0 amide bonds. The second kappa shape index (κ2) is 4.35. The highest BCUT2D eigenvalue weighted by Crippen LogP contribution is 2.06. The molecular weight excluding hydrogens is 224 g/mol. The van der Waals surface area contributed by atoms with Crippen LogP contribution in [-0.2, 0) is 15.5 Å². The highest BCUT2D eigenvalue weighted by molar-refractivity contribution is 7.92. The van der Waals surface area contributed by atoms with Gasteiger partial charge in [-0.05, 0) is 12.1 Å². The minimum absolute atomic E-state index is 0.102. The number of hydrogen-bond donors (Lipinski definition) is 0. The van der Waals surface area contributed by atoms with Gasteiger partial charge in [-0.2, -0.15) is 10.4 Å². The van der Waals surface area contributed by atoms with Gasteiger partial charge >= 0.3 is 0 Å². The van der Waals surface area contributed by atoms with Crippen LogP contribution >= 0.6 is 11.6 Å². The number of rotatable bonds is 2. The van der Waals surface area contributed by atoms with Gasteiger partial charge in [0.2, 0.25) is 6.19 Å². The molecule has 74 valence electrons. The molecule has 0 aromatic carbocycles. The number of hydrogen-bond acceptors (Lipinski definition) is 5. The zero-order valence-electron chi connectivity index (χ0n) is 7.35. The number of halogens is 1. The van der Waals surface area contributed by atoms with E-state index in [0.29, 0.717) is 5.69 Å². The SMILES string of the molecule is CS(=O)(Cc1ccc(Cl)nn1)=NC#N. The fourth-order valence-electron chi connectivity index (χ4n) is 0.814. The average Bonchev–Trinajstić information content (AvgIpc) is 2.08. The Morgan fingerprint density at radius 2 is 2.36 bits per heavy atom. The van der Waals surface area contributed by atoms with Gasteiger partial charge in [0.15, 0.2) is 5.15 Å². The molecule has 0 bridgehead atoms. The van der Waals surface area contributed by atoms with Crippen LogP contribution in [0.1, 0.15) is 5.69 Å². The van der Waals surface area contributed by atoms with Crippen molar-refractivity contribution in [1.29, 1.82) is 5.26 Å². The predicted molar refractivity (Wildman–Crippen MR) is 52.9 cm³/mol. The standard InChI is InChI=1S/C7H7ClN4OS/c1-14(13,10-5-9)4-6-2-3-7(8)12-11-6/h2-3H,4H2,1H3. The normalized spacial score (nSPS) is 14.1. The molecule has 7 heteroatoms. The second-order valence-corrected chi connectivity index (χ2v) is 5.42. The van der Waals surface area contributed by atoms with E-state index in [-0.39, 0.29) is 10.9 Å². The molecule has 0 aliphatic carbocycles. The van der Waals surface area contributed by atoms with Crippen LogP contribution < -0.4 is 0 Å². The smallest absolute Gasteiger partial charge is 0.214 e. The van der Waals surface area contributed by atoms with Crippen LogP contribution in [0.25, 0.3) is 0 Å². The lowest BCUT2D eigenvalue weighted by molar-refractivity contribution is 0.679. The van der Waals surface area contributed by atoms with Crippen molar-refractivity contribution in [3.05, 3.63) is 23.0 Å². The fourth-order valence-corrected chi connectivity index (χ4v) is 1.85. The Morgan fingerprint density at radius 3 is 2.86 bits per heavy atom. The Kier molecular flexibility index (Phi) is 3.38. The van der Waals surface area contributed by atoms with Gasteiger partial charge in [0.1, 0.15) is 0 Å². The third-order valence-electron chi connectivity index (χ3n) is 1.34. The first-order valence-electron chi connectivity index (χ1n) is 3.59. The summed E-state index contributed by atoms with van der Waals surface area (Å²) in [5, 5.41) is 15.8. The molecule has 1 unspecified atom stereocenters. The van der Waals surface area contributed by atoms with Crippen molar-refractivity contribution in [2.75, 3.05) is 6.26 Å². The van der Waals surface area contributed by atoms with Crippen molar-refractivity contribution in [3.8, 4) is 6.19 Å². The zero-order valence-corrected chi connectivity index (χ0v) is 8.92. The second-order valence-electron chi connectivity index (χ2n) is 2.64. The first-order valence-corrected chi connectivity index (χ1v) is 6.06. The van der Waals surface area contributed by atoms with E-state index in [0.717, 1.165) is 0 Å². The maximum absolute atomic E-state index is 11.6. The first-order chi connectivity index (χ1) is 6.53. The van der Waals surface area contributed by atoms with Gasteiger partial charge in [0.25, 0.3) is 0 Å². The molecule has 5 nitrogen and oxygen atoms in total. The highest BCUT2D eigenvalue weighted by atomic mass is 35.5. The molecule has 1 atom stereocenters. The van der Waals surface area contributed by atoms with Gasteiger partial charge in [-0.1, -0.05) is 11.6 Å². The maximum Gasteiger partial charge on any atom is 0.214 e. The monoisotopic (exact) mass is 230 g/mol. The summed E-state index contributed by atoms with van der Waals surface area (Å²) >= 11 is 5.52. The van der Waals surface area contributed by atoms with Crippen molar-refractivity contribution in [3.63, 3.8) is 0 Å². The van der Waals surface area contributed by atoms with Gasteiger partial charge in [-0.3, -0.25) is 0 Å². The van der Waals surface area contributed by atoms with E-state index in [1.165, 1.54) is 12.4 Å². The third kappa shape index (κ3) is 3.28. The van der Waals surface area contributed by atoms with Crippen LogP contribution in [0.3, 0.4) is 0 Å². The van der Waals surface area contributed by atoms with E-state index in [9.17, 15) is 4.21 Å². The van der Waals surface area contributed by atoms with Gasteiger partial charge in [0.05, 0.1) is 21.2 Å². The van der Waals surface area contributed by atoms with Gasteiger partial charge in [0, 0.05) is 6.26 Å². The predicted octanol–water partition coefficient (Wildman–Crippen LogP) is 1.21. The Morgan fingerprint density at radius 1 is 1.64 bits per heavy atom. The summed E-state index contributed by atoms with van der Waals surface area (Å²) in [5.41, 5.74) is 0.501. The van der Waals surface area contributed by atoms with E-state index >= 15 is 0 Å². The molecule has 0 fully saturated rings. The number of aromatic nitrogens is 2. The fraction of sp³-hybridized carbons (Fsp3) is 0.286. The largest absolute Gasteiger partial charge is 0.249 e. The Hall–Kier alpha value is -1.19. The summed E-state index contributed by atoms with van der Waals surface area (Å²) in [7, 11) is -2.53. The van der Waals surface area contributed by atoms with Gasteiger partial charge < -0.3 is 0 Å². The summed E-state index contributed by atoms with van der Waals surface area (Å²) in [6.45, 7) is 0. The van der Waals surface area contributed by atoms with E-state index in [2.05, 4.69) is 14.6 Å². The molecule has 0 aliphatic rings. The highest BCUT2D eigenvalue weighted by Gasteiger charge is 2.05. The molecule has 0 saturated heterocycles. The third-order valence-corrected chi connectivity index (χ3v) is 2.84. The van der Waals surface area contributed by atoms with Crippen LogP contribution in [0, 0.1) is 11.5 Å². The molecule has 1 heterocycles. The van der Waals surface area contributed by atoms with Crippen molar-refractivity contribution < 1.29 is 4.21 Å². The van der Waals surface area contributed by atoms with E-state index in [4.69, 9.17) is 16.9 Å². The Labute approximate surface area is 86.9 Å². The number of nitrogens with zero attached hydrogens (tertiary/aromatic N) is 4. The molecule has 0 aliphatic heterocycles. The van der Waals surface area contributed by atoms with Crippen molar-refractivity contribution in [2.24, 2.45) is 4.36 Å². The molecule has 0 saturated carbocycles. The summed E-state index contributed by atoms with van der Waals surface area (Å²) in [5.74, 6) is 0.102. The molecule has 1 aromatic heterocycles. The quantitative estimate of drug-likeness (QED) is 0.716. The van der Waals surface area contributed by atoms with Gasteiger partial charge in [-0.15, -0.1) is 9.46 Å². The van der Waals surface area contributed by atoms with Crippen LogP contribution in [0.15, 0.2) is 16.5 Å². The Bertz CT molecular complexity index is 469. The molecule has 0 N–H and O–H groups in total. The van der Waals surface area contributed by atoms with Crippen molar-refractivity contribution in [1.82, 2.24) is 10.2 Å². The lowest BCUT2D eigenvalue weighted by atomic mass is 10.4. The molecule has 0 radical (unpaired) electrons. The first kappa shape index (κ1) is 10.9. The lowest BCUT2D eigenvalue weighted by Crippen LogP contribution is -2.03. The minimum atomic E-state index is -2.53. The molecule has 0 spiro atoms. The minimum Gasteiger partial charge on any atom is -0.249 e. The Balaban J connectivity index is 2.91. The summed E-state index contributed by atoms with van der Waals surface area (Å²) < 4.78 is 14.9. The van der Waals surface area contributed by atoms with Crippen molar-refractivity contribution in [2.45, 2.75) is 5.75 Å². The van der Waals surface area contributed by atoms with Gasteiger partial charge in [-0.25, -0.2) is 4.21 Å².